The minimum absolute atomic E-state index is 1.03. The molecule has 120 valence electrons. The summed E-state index contributed by atoms with van der Waals surface area (Å²) in [5.74, 6) is 0. The molecule has 0 fully saturated rings. The van der Waals surface area contributed by atoms with E-state index in [1.807, 2.05) is 6.07 Å². The number of hydrogen-bond donors (Lipinski definition) is 0. The molecule has 0 N–H and O–H groups in total. The zero-order chi connectivity index (χ0) is 17.1. The lowest BCUT2D eigenvalue weighted by Gasteiger charge is -2.16. The average Bonchev–Trinajstić information content (AvgIpc) is 2.69. The van der Waals surface area contributed by atoms with Gasteiger partial charge in [0, 0.05) is 16.8 Å². The van der Waals surface area contributed by atoms with E-state index in [1.165, 1.54) is 22.3 Å². The molecule has 0 amide bonds. The average molecular weight is 321 g/mol. The van der Waals surface area contributed by atoms with E-state index < -0.39 is 0 Å². The van der Waals surface area contributed by atoms with Crippen molar-refractivity contribution in [1.82, 2.24) is 4.98 Å². The standard InChI is InChI=1S/C24H19N/c1-18-17-22(19-11-5-2-6-12-19)23(20-13-7-3-8-14-20)24(25-18)21-15-9-4-10-16-21/h2-17H,1H3. The fourth-order valence-corrected chi connectivity index (χ4v) is 3.22. The van der Waals surface area contributed by atoms with E-state index in [2.05, 4.69) is 97.9 Å². The fraction of sp³-hybridized carbons (Fsp3) is 0.0417. The third-order valence-electron chi connectivity index (χ3n) is 4.34. The Bertz CT molecular complexity index is 914. The van der Waals surface area contributed by atoms with Crippen LogP contribution < -0.4 is 0 Å². The summed E-state index contributed by atoms with van der Waals surface area (Å²) in [7, 11) is 0. The van der Waals surface area contributed by atoms with Crippen LogP contribution in [0.3, 0.4) is 0 Å². The van der Waals surface area contributed by atoms with Gasteiger partial charge in [0.25, 0.3) is 0 Å². The fourth-order valence-electron chi connectivity index (χ4n) is 3.22. The van der Waals surface area contributed by atoms with Crippen LogP contribution in [-0.4, -0.2) is 4.98 Å². The first-order valence-electron chi connectivity index (χ1n) is 8.51. The van der Waals surface area contributed by atoms with E-state index in [0.29, 0.717) is 0 Å². The maximum absolute atomic E-state index is 4.91. The van der Waals surface area contributed by atoms with Crippen LogP contribution in [0, 0.1) is 6.92 Å². The number of hydrogen-bond acceptors (Lipinski definition) is 1. The van der Waals surface area contributed by atoms with Gasteiger partial charge in [0.15, 0.2) is 0 Å². The summed E-state index contributed by atoms with van der Waals surface area (Å²) in [4.78, 5) is 4.91. The van der Waals surface area contributed by atoms with Gasteiger partial charge in [-0.25, -0.2) is 0 Å². The third-order valence-corrected chi connectivity index (χ3v) is 4.34. The molecule has 0 saturated heterocycles. The molecule has 4 aromatic rings. The van der Waals surface area contributed by atoms with Crippen LogP contribution in [-0.2, 0) is 0 Å². The first-order valence-corrected chi connectivity index (χ1v) is 8.51. The molecule has 0 bridgehead atoms. The van der Waals surface area contributed by atoms with Gasteiger partial charge in [0.1, 0.15) is 0 Å². The van der Waals surface area contributed by atoms with E-state index in [-0.39, 0.29) is 0 Å². The minimum atomic E-state index is 1.03. The minimum Gasteiger partial charge on any atom is -0.252 e. The Hall–Kier alpha value is -3.19. The van der Waals surface area contributed by atoms with Gasteiger partial charge in [-0.2, -0.15) is 0 Å². The summed E-state index contributed by atoms with van der Waals surface area (Å²) >= 11 is 0. The third kappa shape index (κ3) is 3.09. The number of pyridine rings is 1. The topological polar surface area (TPSA) is 12.9 Å². The normalized spacial score (nSPS) is 10.6. The van der Waals surface area contributed by atoms with Gasteiger partial charge in [-0.3, -0.25) is 4.98 Å². The van der Waals surface area contributed by atoms with E-state index >= 15 is 0 Å². The predicted octanol–water partition coefficient (Wildman–Crippen LogP) is 6.39. The highest BCUT2D eigenvalue weighted by Gasteiger charge is 2.16. The molecule has 3 aromatic carbocycles. The summed E-state index contributed by atoms with van der Waals surface area (Å²) in [5, 5.41) is 0. The van der Waals surface area contributed by atoms with Gasteiger partial charge in [-0.15, -0.1) is 0 Å². The van der Waals surface area contributed by atoms with Gasteiger partial charge in [-0.05, 0) is 29.7 Å². The van der Waals surface area contributed by atoms with Crippen molar-refractivity contribution in [2.45, 2.75) is 6.92 Å². The molecule has 0 atom stereocenters. The van der Waals surface area contributed by atoms with E-state index in [9.17, 15) is 0 Å². The Balaban J connectivity index is 2.07. The van der Waals surface area contributed by atoms with Crippen LogP contribution in [0.5, 0.6) is 0 Å². The zero-order valence-electron chi connectivity index (χ0n) is 14.2. The maximum atomic E-state index is 4.91. The molecule has 25 heavy (non-hydrogen) atoms. The van der Waals surface area contributed by atoms with E-state index in [1.54, 1.807) is 0 Å². The highest BCUT2D eigenvalue weighted by atomic mass is 14.7. The molecular weight excluding hydrogens is 302 g/mol. The van der Waals surface area contributed by atoms with Crippen molar-refractivity contribution in [3.8, 4) is 33.5 Å². The first-order chi connectivity index (χ1) is 12.3. The van der Waals surface area contributed by atoms with Gasteiger partial charge in [0.2, 0.25) is 0 Å². The number of aromatic nitrogens is 1. The Kier molecular flexibility index (Phi) is 4.14. The van der Waals surface area contributed by atoms with Crippen molar-refractivity contribution in [2.75, 3.05) is 0 Å². The molecular formula is C24H19N. The van der Waals surface area contributed by atoms with Crippen molar-refractivity contribution >= 4 is 0 Å². The molecule has 1 aromatic heterocycles. The Morgan fingerprint density at radius 1 is 0.560 bits per heavy atom. The lowest BCUT2D eigenvalue weighted by Crippen LogP contribution is -1.96. The van der Waals surface area contributed by atoms with Gasteiger partial charge in [0.05, 0.1) is 5.69 Å². The molecule has 1 nitrogen and oxygen atoms in total. The van der Waals surface area contributed by atoms with E-state index in [0.717, 1.165) is 17.0 Å². The van der Waals surface area contributed by atoms with Crippen LogP contribution in [0.2, 0.25) is 0 Å². The highest BCUT2D eigenvalue weighted by Crippen LogP contribution is 2.39. The van der Waals surface area contributed by atoms with Crippen LogP contribution in [0.1, 0.15) is 5.69 Å². The molecule has 0 radical (unpaired) electrons. The second-order valence-electron chi connectivity index (χ2n) is 6.13. The number of nitrogens with zero attached hydrogens (tertiary/aromatic N) is 1. The van der Waals surface area contributed by atoms with Gasteiger partial charge in [-0.1, -0.05) is 91.0 Å². The van der Waals surface area contributed by atoms with Crippen molar-refractivity contribution in [2.24, 2.45) is 0 Å². The predicted molar refractivity (Wildman–Crippen MR) is 105 cm³/mol. The van der Waals surface area contributed by atoms with Gasteiger partial charge < -0.3 is 0 Å². The van der Waals surface area contributed by atoms with Crippen LogP contribution >= 0.6 is 0 Å². The molecule has 0 saturated carbocycles. The summed E-state index contributed by atoms with van der Waals surface area (Å²) in [6, 6.07) is 33.7. The van der Waals surface area contributed by atoms with Crippen LogP contribution in [0.15, 0.2) is 97.1 Å². The Morgan fingerprint density at radius 3 is 1.60 bits per heavy atom. The summed E-state index contributed by atoms with van der Waals surface area (Å²) in [6.07, 6.45) is 0. The zero-order valence-corrected chi connectivity index (χ0v) is 14.2. The van der Waals surface area contributed by atoms with Crippen LogP contribution in [0.4, 0.5) is 0 Å². The second-order valence-corrected chi connectivity index (χ2v) is 6.13. The second kappa shape index (κ2) is 6.74. The summed E-state index contributed by atoms with van der Waals surface area (Å²) < 4.78 is 0. The molecule has 1 heterocycles. The molecule has 1 heteroatoms. The van der Waals surface area contributed by atoms with Crippen LogP contribution in [0.25, 0.3) is 33.5 Å². The monoisotopic (exact) mass is 321 g/mol. The van der Waals surface area contributed by atoms with Gasteiger partial charge >= 0.3 is 0 Å². The van der Waals surface area contributed by atoms with Crippen molar-refractivity contribution in [3.63, 3.8) is 0 Å². The molecule has 0 aliphatic heterocycles. The van der Waals surface area contributed by atoms with Crippen molar-refractivity contribution in [1.29, 1.82) is 0 Å². The quantitative estimate of drug-likeness (QED) is 0.426. The molecule has 0 unspecified atom stereocenters. The largest absolute Gasteiger partial charge is 0.252 e. The molecule has 0 spiro atoms. The molecule has 4 rings (SSSR count). The number of benzene rings is 3. The Morgan fingerprint density at radius 2 is 1.04 bits per heavy atom. The molecule has 0 aliphatic carbocycles. The smallest absolute Gasteiger partial charge is 0.0789 e. The maximum Gasteiger partial charge on any atom is 0.0789 e. The molecule has 0 aliphatic rings. The van der Waals surface area contributed by atoms with E-state index in [4.69, 9.17) is 4.98 Å². The summed E-state index contributed by atoms with van der Waals surface area (Å²) in [5.41, 5.74) is 8.00. The highest BCUT2D eigenvalue weighted by molar-refractivity contribution is 5.92. The van der Waals surface area contributed by atoms with Crippen molar-refractivity contribution in [3.05, 3.63) is 103 Å². The Labute approximate surface area is 148 Å². The number of aryl methyl sites for hydroxylation is 1. The summed E-state index contributed by atoms with van der Waals surface area (Å²) in [6.45, 7) is 2.06. The lowest BCUT2D eigenvalue weighted by molar-refractivity contribution is 1.21. The first kappa shape index (κ1) is 15.3. The van der Waals surface area contributed by atoms with Crippen molar-refractivity contribution < 1.29 is 0 Å². The SMILES string of the molecule is Cc1cc(-c2ccccc2)c(-c2ccccc2)c(-c2ccccc2)n1. The lowest BCUT2D eigenvalue weighted by atomic mass is 9.90. The number of rotatable bonds is 3.